The number of benzene rings is 2. The van der Waals surface area contributed by atoms with Gasteiger partial charge in [-0.3, -0.25) is 4.79 Å². The number of dihydropyridines is 1. The van der Waals surface area contributed by atoms with Crippen molar-refractivity contribution in [1.29, 1.82) is 0 Å². The van der Waals surface area contributed by atoms with Gasteiger partial charge in [-0.15, -0.1) is 0 Å². The first kappa shape index (κ1) is 26.3. The monoisotopic (exact) mass is 507 g/mol. The van der Waals surface area contributed by atoms with Crippen molar-refractivity contribution < 1.29 is 33.6 Å². The number of carbonyl (C=O) groups is 2. The van der Waals surface area contributed by atoms with Crippen LogP contribution in [0.2, 0.25) is 0 Å². The number of hydrogen-bond acceptors (Lipinski definition) is 8. The van der Waals surface area contributed by atoms with Crippen LogP contribution < -0.4 is 14.8 Å². The van der Waals surface area contributed by atoms with Crippen LogP contribution in [0, 0.1) is 0 Å². The molecule has 1 heterocycles. The summed E-state index contributed by atoms with van der Waals surface area (Å²) in [7, 11) is 3.15. The molecule has 2 unspecified atom stereocenters. The van der Waals surface area contributed by atoms with E-state index in [1.54, 1.807) is 19.2 Å². The smallest absolute Gasteiger partial charge is 0.336 e. The topological polar surface area (TPSA) is 103 Å². The fourth-order valence-electron chi connectivity index (χ4n) is 5.03. The Labute approximate surface area is 216 Å². The maximum absolute atomic E-state index is 13.7. The van der Waals surface area contributed by atoms with Crippen molar-refractivity contribution in [2.75, 3.05) is 34.0 Å². The molecule has 0 aromatic heterocycles. The summed E-state index contributed by atoms with van der Waals surface area (Å²) in [6.07, 6.45) is 0.925. The summed E-state index contributed by atoms with van der Waals surface area (Å²) in [4.78, 5) is 27.0. The van der Waals surface area contributed by atoms with Gasteiger partial charge in [0.25, 0.3) is 0 Å². The summed E-state index contributed by atoms with van der Waals surface area (Å²) in [5, 5.41) is 13.6. The lowest BCUT2D eigenvalue weighted by molar-refractivity contribution is -0.140. The molecule has 2 aliphatic rings. The van der Waals surface area contributed by atoms with E-state index in [0.717, 1.165) is 17.0 Å². The lowest BCUT2D eigenvalue weighted by atomic mass is 9.71. The number of hydrogen-bond donors (Lipinski definition) is 2. The predicted octanol–water partition coefficient (Wildman–Crippen LogP) is 4.35. The van der Waals surface area contributed by atoms with Crippen molar-refractivity contribution in [1.82, 2.24) is 5.32 Å². The number of phenolic OH excluding ortho intramolecular Hbond substituents is 1. The molecule has 2 atom stereocenters. The first-order chi connectivity index (χ1) is 17.9. The van der Waals surface area contributed by atoms with E-state index in [0.29, 0.717) is 47.6 Å². The fraction of sp³-hybridized carbons (Fsp3) is 0.379. The summed E-state index contributed by atoms with van der Waals surface area (Å²) in [5.74, 6) is -0.176. The predicted molar refractivity (Wildman–Crippen MR) is 138 cm³/mol. The molecule has 0 amide bonds. The molecule has 8 nitrogen and oxygen atoms in total. The highest BCUT2D eigenvalue weighted by atomic mass is 16.6. The van der Waals surface area contributed by atoms with Crippen LogP contribution in [0.3, 0.4) is 0 Å². The van der Waals surface area contributed by atoms with Crippen LogP contribution in [-0.2, 0) is 19.1 Å². The van der Waals surface area contributed by atoms with Crippen molar-refractivity contribution in [3.63, 3.8) is 0 Å². The number of ketones is 1. The molecule has 0 saturated carbocycles. The van der Waals surface area contributed by atoms with Crippen LogP contribution in [0.25, 0.3) is 0 Å². The number of rotatable bonds is 9. The number of carbonyl (C=O) groups excluding carboxylic acids is 2. The first-order valence-electron chi connectivity index (χ1n) is 12.4. The van der Waals surface area contributed by atoms with E-state index in [4.69, 9.17) is 18.9 Å². The first-order valence-corrected chi connectivity index (χ1v) is 12.4. The highest BCUT2D eigenvalue weighted by molar-refractivity contribution is 6.04. The van der Waals surface area contributed by atoms with E-state index in [-0.39, 0.29) is 30.7 Å². The van der Waals surface area contributed by atoms with E-state index in [2.05, 4.69) is 5.32 Å². The van der Waals surface area contributed by atoms with E-state index >= 15 is 0 Å². The zero-order valence-electron chi connectivity index (χ0n) is 21.6. The third kappa shape index (κ3) is 5.49. The average molecular weight is 508 g/mol. The Bertz CT molecular complexity index is 1230. The Morgan fingerprint density at radius 3 is 2.46 bits per heavy atom. The zero-order valence-corrected chi connectivity index (χ0v) is 21.6. The Balaban J connectivity index is 1.76. The molecule has 4 rings (SSSR count). The molecule has 0 bridgehead atoms. The average Bonchev–Trinajstić information content (AvgIpc) is 2.89. The Morgan fingerprint density at radius 1 is 1.05 bits per heavy atom. The van der Waals surface area contributed by atoms with Gasteiger partial charge in [-0.1, -0.05) is 18.2 Å². The number of Topliss-reactive ketones (excluding diaryl/α,β-unsaturated/α-hetero) is 1. The van der Waals surface area contributed by atoms with Crippen molar-refractivity contribution in [2.45, 2.75) is 38.5 Å². The number of methoxy groups -OCH3 is 2. The SMILES string of the molecule is CCOc1cc(C2C(C(=O)OCCOC)=C(C)NC3=C2C(=O)CC(c2ccc(OC)cc2)C3)ccc1O. The number of allylic oxidation sites excluding steroid dienone is 3. The van der Waals surface area contributed by atoms with Gasteiger partial charge in [0.15, 0.2) is 17.3 Å². The Morgan fingerprint density at radius 2 is 1.78 bits per heavy atom. The summed E-state index contributed by atoms with van der Waals surface area (Å²) in [6, 6.07) is 12.7. The second-order valence-electron chi connectivity index (χ2n) is 9.08. The molecule has 0 fully saturated rings. The van der Waals surface area contributed by atoms with E-state index < -0.39 is 11.9 Å². The third-order valence-electron chi connectivity index (χ3n) is 6.77. The minimum absolute atomic E-state index is 0.00630. The molecule has 37 heavy (non-hydrogen) atoms. The molecular formula is C29H33NO7. The number of esters is 1. The van der Waals surface area contributed by atoms with Gasteiger partial charge in [0.1, 0.15) is 12.4 Å². The molecule has 2 aromatic carbocycles. The van der Waals surface area contributed by atoms with Gasteiger partial charge in [0, 0.05) is 36.4 Å². The molecule has 0 spiro atoms. The summed E-state index contributed by atoms with van der Waals surface area (Å²) in [5.41, 5.74) is 4.04. The van der Waals surface area contributed by atoms with Crippen molar-refractivity contribution >= 4 is 11.8 Å². The van der Waals surface area contributed by atoms with Crippen LogP contribution in [-0.4, -0.2) is 50.9 Å². The molecule has 0 saturated heterocycles. The summed E-state index contributed by atoms with van der Waals surface area (Å²) in [6.45, 7) is 4.36. The maximum Gasteiger partial charge on any atom is 0.336 e. The molecule has 8 heteroatoms. The molecule has 196 valence electrons. The van der Waals surface area contributed by atoms with E-state index in [1.165, 1.54) is 13.2 Å². The van der Waals surface area contributed by atoms with Crippen LogP contribution in [0.5, 0.6) is 17.2 Å². The van der Waals surface area contributed by atoms with Gasteiger partial charge in [0.2, 0.25) is 0 Å². The van der Waals surface area contributed by atoms with Gasteiger partial charge >= 0.3 is 5.97 Å². The van der Waals surface area contributed by atoms with Gasteiger partial charge in [0.05, 0.1) is 25.9 Å². The van der Waals surface area contributed by atoms with Crippen molar-refractivity contribution in [2.24, 2.45) is 0 Å². The van der Waals surface area contributed by atoms with Gasteiger partial charge in [-0.05, 0) is 61.6 Å². The lowest BCUT2D eigenvalue weighted by Crippen LogP contribution is -2.36. The second kappa shape index (κ2) is 11.5. The van der Waals surface area contributed by atoms with E-state index in [9.17, 15) is 14.7 Å². The highest BCUT2D eigenvalue weighted by Crippen LogP contribution is 2.47. The molecule has 1 aliphatic heterocycles. The lowest BCUT2D eigenvalue weighted by Gasteiger charge is -2.36. The number of aromatic hydroxyl groups is 1. The Hall–Kier alpha value is -3.78. The number of nitrogens with one attached hydrogen (secondary N) is 1. The summed E-state index contributed by atoms with van der Waals surface area (Å²) < 4.78 is 21.4. The van der Waals surface area contributed by atoms with Gasteiger partial charge in [-0.2, -0.15) is 0 Å². The molecule has 2 aromatic rings. The largest absolute Gasteiger partial charge is 0.504 e. The zero-order chi connectivity index (χ0) is 26.5. The van der Waals surface area contributed by atoms with Crippen LogP contribution in [0.15, 0.2) is 65.0 Å². The van der Waals surface area contributed by atoms with Crippen LogP contribution in [0.1, 0.15) is 49.7 Å². The fourth-order valence-corrected chi connectivity index (χ4v) is 5.03. The molecule has 1 aliphatic carbocycles. The minimum atomic E-state index is -0.657. The van der Waals surface area contributed by atoms with Crippen LogP contribution in [0.4, 0.5) is 0 Å². The van der Waals surface area contributed by atoms with Crippen molar-refractivity contribution in [3.8, 4) is 17.2 Å². The van der Waals surface area contributed by atoms with Crippen molar-refractivity contribution in [3.05, 3.63) is 76.1 Å². The van der Waals surface area contributed by atoms with Gasteiger partial charge < -0.3 is 29.4 Å². The van der Waals surface area contributed by atoms with Crippen LogP contribution >= 0.6 is 0 Å². The van der Waals surface area contributed by atoms with E-state index in [1.807, 2.05) is 38.1 Å². The standard InChI is InChI=1S/C29H33NO7/c1-5-36-25-16-19(8-11-23(25)31)27-26(29(33)37-13-12-34-3)17(2)30-22-14-20(15-24(32)28(22)27)18-6-9-21(35-4)10-7-18/h6-11,16,20,27,30-31H,5,12-15H2,1-4H3. The normalized spacial score (nSPS) is 19.3. The molecule has 2 N–H and O–H groups in total. The molecule has 0 radical (unpaired) electrons. The summed E-state index contributed by atoms with van der Waals surface area (Å²) >= 11 is 0. The Kier molecular flexibility index (Phi) is 8.18. The quantitative estimate of drug-likeness (QED) is 0.381. The number of ether oxygens (including phenoxy) is 4. The maximum atomic E-state index is 13.7. The van der Waals surface area contributed by atoms with Gasteiger partial charge in [-0.25, -0.2) is 4.79 Å². The second-order valence-corrected chi connectivity index (χ2v) is 9.08. The minimum Gasteiger partial charge on any atom is -0.504 e. The highest BCUT2D eigenvalue weighted by Gasteiger charge is 2.41. The third-order valence-corrected chi connectivity index (χ3v) is 6.77. The molecular weight excluding hydrogens is 474 g/mol. The number of phenols is 1.